The number of hydrogen-bond acceptors (Lipinski definition) is 3. The first-order chi connectivity index (χ1) is 8.10. The van der Waals surface area contributed by atoms with Crippen molar-refractivity contribution in [3.63, 3.8) is 0 Å². The number of rotatable bonds is 3. The van der Waals surface area contributed by atoms with Crippen molar-refractivity contribution in [1.82, 2.24) is 0 Å². The number of cyclic esters (lactones) is 1. The second kappa shape index (κ2) is 5.84. The summed E-state index contributed by atoms with van der Waals surface area (Å²) in [7, 11) is 0. The van der Waals surface area contributed by atoms with Gasteiger partial charge in [0, 0.05) is 6.08 Å². The van der Waals surface area contributed by atoms with Gasteiger partial charge < -0.3 is 9.84 Å². The molecule has 0 saturated carbocycles. The summed E-state index contributed by atoms with van der Waals surface area (Å²) in [5.41, 5.74) is -1.22. The number of allylic oxidation sites excluding steroid dienone is 2. The van der Waals surface area contributed by atoms with E-state index in [1.54, 1.807) is 18.2 Å². The Labute approximate surface area is 99.6 Å². The summed E-state index contributed by atoms with van der Waals surface area (Å²) in [5, 5.41) is 8.61. The van der Waals surface area contributed by atoms with E-state index >= 15 is 0 Å². The van der Waals surface area contributed by atoms with Gasteiger partial charge in [-0.2, -0.15) is 0 Å². The fourth-order valence-electron chi connectivity index (χ4n) is 1.35. The van der Waals surface area contributed by atoms with Gasteiger partial charge in [-0.3, -0.25) is 4.79 Å². The number of esters is 1. The molecule has 17 heavy (non-hydrogen) atoms. The molecule has 1 aliphatic rings. The van der Waals surface area contributed by atoms with Crippen molar-refractivity contribution < 1.29 is 19.4 Å². The number of aliphatic carboxylic acids is 1. The Morgan fingerprint density at radius 2 is 2.29 bits per heavy atom. The maximum Gasteiger partial charge on any atom is 0.328 e. The molecule has 1 N–H and O–H groups in total. The summed E-state index contributed by atoms with van der Waals surface area (Å²) in [6.07, 6.45) is 11.1. The fraction of sp³-hybridized carbons (Fsp3) is 0.231. The average molecular weight is 234 g/mol. The minimum Gasteiger partial charge on any atom is -0.478 e. The molecule has 1 rings (SSSR count). The van der Waals surface area contributed by atoms with Gasteiger partial charge in [-0.15, -0.1) is 6.58 Å². The number of carbonyl (C=O) groups excluding carboxylic acids is 1. The standard InChI is InChI=1S/C13H14O4/c1-2-13(9-7-11(14)15)8-5-3-4-6-10-17-12(13)16/h2-5,7-9H,1,6,10H2,(H,14,15). The largest absolute Gasteiger partial charge is 0.478 e. The molecule has 0 radical (unpaired) electrons. The van der Waals surface area contributed by atoms with Crippen molar-refractivity contribution in [1.29, 1.82) is 0 Å². The van der Waals surface area contributed by atoms with Crippen LogP contribution in [0.2, 0.25) is 0 Å². The smallest absolute Gasteiger partial charge is 0.328 e. The van der Waals surface area contributed by atoms with Gasteiger partial charge in [-0.25, -0.2) is 4.79 Å². The lowest BCUT2D eigenvalue weighted by atomic mass is 9.87. The number of carbonyl (C=O) groups is 2. The Hall–Kier alpha value is -2.10. The van der Waals surface area contributed by atoms with Crippen molar-refractivity contribution in [3.05, 3.63) is 49.1 Å². The van der Waals surface area contributed by atoms with Crippen LogP contribution in [0.3, 0.4) is 0 Å². The van der Waals surface area contributed by atoms with Crippen LogP contribution in [0, 0.1) is 5.41 Å². The Bertz CT molecular complexity index is 404. The quantitative estimate of drug-likeness (QED) is 0.460. The molecule has 0 aromatic heterocycles. The average Bonchev–Trinajstić information content (AvgIpc) is 2.39. The summed E-state index contributed by atoms with van der Waals surface area (Å²) in [5.74, 6) is -1.65. The van der Waals surface area contributed by atoms with E-state index in [0.717, 1.165) is 6.08 Å². The molecule has 4 nitrogen and oxygen atoms in total. The van der Waals surface area contributed by atoms with Crippen molar-refractivity contribution >= 4 is 11.9 Å². The molecule has 1 heterocycles. The third kappa shape index (κ3) is 3.45. The Morgan fingerprint density at radius 1 is 1.53 bits per heavy atom. The summed E-state index contributed by atoms with van der Waals surface area (Å²) >= 11 is 0. The predicted octanol–water partition coefficient (Wildman–Crippen LogP) is 1.86. The van der Waals surface area contributed by atoms with Crippen LogP contribution < -0.4 is 0 Å². The number of carboxylic acid groups (broad SMARTS) is 1. The molecular formula is C13H14O4. The van der Waals surface area contributed by atoms with E-state index in [0.29, 0.717) is 6.42 Å². The summed E-state index contributed by atoms with van der Waals surface area (Å²) in [6.45, 7) is 3.84. The van der Waals surface area contributed by atoms with E-state index in [9.17, 15) is 9.59 Å². The molecule has 0 bridgehead atoms. The van der Waals surface area contributed by atoms with E-state index in [4.69, 9.17) is 9.84 Å². The summed E-state index contributed by atoms with van der Waals surface area (Å²) in [6, 6.07) is 0. The third-order valence-electron chi connectivity index (χ3n) is 2.33. The third-order valence-corrected chi connectivity index (χ3v) is 2.33. The van der Waals surface area contributed by atoms with Gasteiger partial charge in [0.25, 0.3) is 0 Å². The van der Waals surface area contributed by atoms with Gasteiger partial charge in [0.05, 0.1) is 6.61 Å². The van der Waals surface area contributed by atoms with Crippen LogP contribution >= 0.6 is 0 Å². The van der Waals surface area contributed by atoms with Crippen LogP contribution in [0.25, 0.3) is 0 Å². The SMILES string of the molecule is C=CC1(C=CC(=O)O)C=CC=CCCOC1=O. The normalized spacial score (nSPS) is 24.8. The lowest BCUT2D eigenvalue weighted by Gasteiger charge is -2.20. The molecule has 0 spiro atoms. The molecule has 1 unspecified atom stereocenters. The van der Waals surface area contributed by atoms with Crippen LogP contribution in [-0.4, -0.2) is 23.7 Å². The molecule has 1 atom stereocenters. The maximum absolute atomic E-state index is 11.9. The highest BCUT2D eigenvalue weighted by Gasteiger charge is 2.31. The van der Waals surface area contributed by atoms with Crippen LogP contribution in [0.1, 0.15) is 6.42 Å². The van der Waals surface area contributed by atoms with E-state index in [1.807, 2.05) is 6.08 Å². The lowest BCUT2D eigenvalue weighted by Crippen LogP contribution is -2.27. The highest BCUT2D eigenvalue weighted by Crippen LogP contribution is 2.26. The van der Waals surface area contributed by atoms with Crippen molar-refractivity contribution in [2.45, 2.75) is 6.42 Å². The maximum atomic E-state index is 11.9. The summed E-state index contributed by atoms with van der Waals surface area (Å²) in [4.78, 5) is 22.4. The molecule has 0 aromatic rings. The first-order valence-electron chi connectivity index (χ1n) is 5.18. The number of carboxylic acids is 1. The molecule has 4 heteroatoms. The molecule has 0 fully saturated rings. The van der Waals surface area contributed by atoms with Gasteiger partial charge in [0.2, 0.25) is 0 Å². The minimum absolute atomic E-state index is 0.271. The Morgan fingerprint density at radius 3 is 2.94 bits per heavy atom. The van der Waals surface area contributed by atoms with E-state index in [-0.39, 0.29) is 6.61 Å². The second-order valence-electron chi connectivity index (χ2n) is 3.52. The second-order valence-corrected chi connectivity index (χ2v) is 3.52. The van der Waals surface area contributed by atoms with Crippen LogP contribution in [0.15, 0.2) is 49.1 Å². The molecule has 0 aliphatic carbocycles. The topological polar surface area (TPSA) is 63.6 Å². The van der Waals surface area contributed by atoms with Crippen LogP contribution in [-0.2, 0) is 14.3 Å². The Balaban J connectivity index is 3.09. The van der Waals surface area contributed by atoms with Crippen LogP contribution in [0.5, 0.6) is 0 Å². The van der Waals surface area contributed by atoms with Gasteiger partial charge in [0.1, 0.15) is 5.41 Å². The van der Waals surface area contributed by atoms with Gasteiger partial charge in [-0.1, -0.05) is 36.5 Å². The van der Waals surface area contributed by atoms with Crippen molar-refractivity contribution in [3.8, 4) is 0 Å². The zero-order valence-electron chi connectivity index (χ0n) is 9.33. The zero-order valence-corrected chi connectivity index (χ0v) is 9.33. The van der Waals surface area contributed by atoms with Gasteiger partial charge in [0.15, 0.2) is 0 Å². The fourth-order valence-corrected chi connectivity index (χ4v) is 1.35. The highest BCUT2D eigenvalue weighted by molar-refractivity contribution is 5.87. The molecular weight excluding hydrogens is 220 g/mol. The summed E-state index contributed by atoms with van der Waals surface area (Å²) < 4.78 is 5.05. The van der Waals surface area contributed by atoms with E-state index < -0.39 is 17.4 Å². The highest BCUT2D eigenvalue weighted by atomic mass is 16.5. The lowest BCUT2D eigenvalue weighted by molar-refractivity contribution is -0.148. The first-order valence-corrected chi connectivity index (χ1v) is 5.18. The predicted molar refractivity (Wildman–Crippen MR) is 63.3 cm³/mol. The van der Waals surface area contributed by atoms with Crippen molar-refractivity contribution in [2.24, 2.45) is 5.41 Å². The monoisotopic (exact) mass is 234 g/mol. The molecule has 0 saturated heterocycles. The minimum atomic E-state index is -1.22. The van der Waals surface area contributed by atoms with Crippen molar-refractivity contribution in [2.75, 3.05) is 6.61 Å². The molecule has 0 aromatic carbocycles. The van der Waals surface area contributed by atoms with Gasteiger partial charge >= 0.3 is 11.9 Å². The first kappa shape index (κ1) is 13.0. The van der Waals surface area contributed by atoms with E-state index in [2.05, 4.69) is 6.58 Å². The molecule has 1 aliphatic heterocycles. The molecule has 90 valence electrons. The number of ether oxygens (including phenoxy) is 1. The Kier molecular flexibility index (Phi) is 4.46. The van der Waals surface area contributed by atoms with E-state index in [1.165, 1.54) is 12.2 Å². The molecule has 0 amide bonds. The number of hydrogen-bond donors (Lipinski definition) is 1. The van der Waals surface area contributed by atoms with Gasteiger partial charge in [-0.05, 0) is 6.42 Å². The van der Waals surface area contributed by atoms with Crippen LogP contribution in [0.4, 0.5) is 0 Å². The zero-order chi connectivity index (χ0) is 12.7.